The molecule has 0 fully saturated rings. The molecular formula is C10H15F2N3. The number of halogens is 2. The summed E-state index contributed by atoms with van der Waals surface area (Å²) in [4.78, 5) is 0. The zero-order valence-corrected chi connectivity index (χ0v) is 9.09. The van der Waals surface area contributed by atoms with E-state index in [4.69, 9.17) is 0 Å². The van der Waals surface area contributed by atoms with E-state index in [0.717, 1.165) is 17.1 Å². The summed E-state index contributed by atoms with van der Waals surface area (Å²) in [5.74, 6) is 0.747. The van der Waals surface area contributed by atoms with Gasteiger partial charge < -0.3 is 5.32 Å². The maximum Gasteiger partial charge on any atom is 0.260 e. The second-order valence-electron chi connectivity index (χ2n) is 4.19. The Morgan fingerprint density at radius 2 is 2.13 bits per heavy atom. The number of rotatable bonds is 1. The first-order chi connectivity index (χ1) is 7.00. The van der Waals surface area contributed by atoms with Gasteiger partial charge in [0.15, 0.2) is 0 Å². The third kappa shape index (κ3) is 1.60. The minimum absolute atomic E-state index is 0.0753. The molecule has 15 heavy (non-hydrogen) atoms. The average Bonchev–Trinajstić information content (AvgIpc) is 2.43. The van der Waals surface area contributed by atoms with Gasteiger partial charge in [-0.1, -0.05) is 0 Å². The van der Waals surface area contributed by atoms with Gasteiger partial charge in [0.2, 0.25) is 0 Å². The highest BCUT2D eigenvalue weighted by Crippen LogP contribution is 2.33. The van der Waals surface area contributed by atoms with Crippen molar-refractivity contribution in [3.05, 3.63) is 11.3 Å². The normalized spacial score (nSPS) is 25.2. The Morgan fingerprint density at radius 1 is 1.47 bits per heavy atom. The second-order valence-corrected chi connectivity index (χ2v) is 4.19. The highest BCUT2D eigenvalue weighted by Gasteiger charge is 2.32. The van der Waals surface area contributed by atoms with Crippen LogP contribution in [0.2, 0.25) is 0 Å². The van der Waals surface area contributed by atoms with E-state index in [-0.39, 0.29) is 6.04 Å². The second kappa shape index (κ2) is 3.47. The van der Waals surface area contributed by atoms with Crippen LogP contribution >= 0.6 is 0 Å². The zero-order chi connectivity index (χ0) is 11.2. The molecule has 2 heterocycles. The van der Waals surface area contributed by atoms with Crippen LogP contribution in [0.15, 0.2) is 0 Å². The molecule has 1 aromatic heterocycles. The summed E-state index contributed by atoms with van der Waals surface area (Å²) in [6.07, 6.45) is -1.93. The van der Waals surface area contributed by atoms with E-state index in [1.807, 2.05) is 20.8 Å². The Labute approximate surface area is 87.5 Å². The smallest absolute Gasteiger partial charge is 0.260 e. The molecule has 2 atom stereocenters. The molecule has 2 unspecified atom stereocenters. The Kier molecular flexibility index (Phi) is 2.40. The molecule has 5 heteroatoms. The number of nitrogens with zero attached hydrogens (tertiary/aromatic N) is 2. The lowest BCUT2D eigenvalue weighted by atomic mass is 10.1. The van der Waals surface area contributed by atoms with Gasteiger partial charge in [-0.15, -0.1) is 0 Å². The van der Waals surface area contributed by atoms with Crippen LogP contribution in [0.5, 0.6) is 0 Å². The van der Waals surface area contributed by atoms with Gasteiger partial charge in [-0.25, -0.2) is 13.5 Å². The third-order valence-corrected chi connectivity index (χ3v) is 2.97. The molecule has 0 aliphatic carbocycles. The van der Waals surface area contributed by atoms with Crippen LogP contribution in [0, 0.1) is 13.8 Å². The fraction of sp³-hybridized carbons (Fsp3) is 0.700. The number of aromatic nitrogens is 2. The summed E-state index contributed by atoms with van der Waals surface area (Å²) < 4.78 is 27.1. The van der Waals surface area contributed by atoms with Crippen molar-refractivity contribution in [3.63, 3.8) is 0 Å². The summed E-state index contributed by atoms with van der Waals surface area (Å²) in [7, 11) is 0. The first-order valence-corrected chi connectivity index (χ1v) is 5.11. The van der Waals surface area contributed by atoms with Crippen molar-refractivity contribution in [1.29, 1.82) is 0 Å². The van der Waals surface area contributed by atoms with E-state index in [0.29, 0.717) is 6.42 Å². The minimum Gasteiger partial charge on any atom is -0.368 e. The SMILES string of the molecule is Cc1nn2c(c1C)NC(C)CC2C(F)F. The van der Waals surface area contributed by atoms with Crippen molar-refractivity contribution in [2.75, 3.05) is 5.32 Å². The quantitative estimate of drug-likeness (QED) is 0.780. The lowest BCUT2D eigenvalue weighted by Crippen LogP contribution is -2.33. The number of nitrogens with one attached hydrogen (secondary N) is 1. The summed E-state index contributed by atoms with van der Waals surface area (Å²) >= 11 is 0. The van der Waals surface area contributed by atoms with Gasteiger partial charge in [0, 0.05) is 11.6 Å². The molecule has 0 spiro atoms. The van der Waals surface area contributed by atoms with Crippen molar-refractivity contribution >= 4 is 5.82 Å². The van der Waals surface area contributed by atoms with Gasteiger partial charge in [0.05, 0.1) is 5.69 Å². The standard InChI is InChI=1S/C10H15F2N3/c1-5-4-8(9(11)12)15-10(13-5)6(2)7(3)14-15/h5,8-9,13H,4H2,1-3H3. The first kappa shape index (κ1) is 10.4. The summed E-state index contributed by atoms with van der Waals surface area (Å²) in [5, 5.41) is 7.36. The Hall–Kier alpha value is -1.13. The number of hydrogen-bond acceptors (Lipinski definition) is 2. The molecule has 0 amide bonds. The first-order valence-electron chi connectivity index (χ1n) is 5.11. The highest BCUT2D eigenvalue weighted by molar-refractivity contribution is 5.49. The number of fused-ring (bicyclic) bond motifs is 1. The van der Waals surface area contributed by atoms with Crippen molar-refractivity contribution in [1.82, 2.24) is 9.78 Å². The van der Waals surface area contributed by atoms with Gasteiger partial charge in [-0.2, -0.15) is 5.10 Å². The van der Waals surface area contributed by atoms with E-state index in [9.17, 15) is 8.78 Å². The number of aryl methyl sites for hydroxylation is 1. The van der Waals surface area contributed by atoms with E-state index in [2.05, 4.69) is 10.4 Å². The van der Waals surface area contributed by atoms with Crippen LogP contribution in [0.4, 0.5) is 14.6 Å². The molecule has 2 rings (SSSR count). The van der Waals surface area contributed by atoms with E-state index >= 15 is 0 Å². The third-order valence-electron chi connectivity index (χ3n) is 2.97. The van der Waals surface area contributed by atoms with Gasteiger partial charge >= 0.3 is 0 Å². The molecular weight excluding hydrogens is 200 g/mol. The highest BCUT2D eigenvalue weighted by atomic mass is 19.3. The fourth-order valence-electron chi connectivity index (χ4n) is 2.01. The zero-order valence-electron chi connectivity index (χ0n) is 9.09. The largest absolute Gasteiger partial charge is 0.368 e. The molecule has 0 radical (unpaired) electrons. The minimum atomic E-state index is -2.35. The predicted octanol–water partition coefficient (Wildman–Crippen LogP) is 2.51. The van der Waals surface area contributed by atoms with Crippen LogP contribution < -0.4 is 5.32 Å². The topological polar surface area (TPSA) is 29.9 Å². The lowest BCUT2D eigenvalue weighted by molar-refractivity contribution is 0.0667. The van der Waals surface area contributed by atoms with Crippen LogP contribution in [0.25, 0.3) is 0 Å². The van der Waals surface area contributed by atoms with Gasteiger partial charge in [-0.3, -0.25) is 0 Å². The van der Waals surface area contributed by atoms with E-state index < -0.39 is 12.5 Å². The molecule has 1 N–H and O–H groups in total. The Morgan fingerprint density at radius 3 is 2.73 bits per heavy atom. The lowest BCUT2D eigenvalue weighted by Gasteiger charge is -2.30. The summed E-state index contributed by atoms with van der Waals surface area (Å²) in [5.41, 5.74) is 1.78. The molecule has 3 nitrogen and oxygen atoms in total. The van der Waals surface area contributed by atoms with Crippen molar-refractivity contribution < 1.29 is 8.78 Å². The van der Waals surface area contributed by atoms with Crippen LogP contribution in [0.3, 0.4) is 0 Å². The van der Waals surface area contributed by atoms with Gasteiger partial charge in [-0.05, 0) is 27.2 Å². The van der Waals surface area contributed by atoms with Crippen LogP contribution in [-0.4, -0.2) is 22.2 Å². The molecule has 0 saturated heterocycles. The van der Waals surface area contributed by atoms with Gasteiger partial charge in [0.25, 0.3) is 6.43 Å². The van der Waals surface area contributed by atoms with Crippen molar-refractivity contribution in [2.24, 2.45) is 0 Å². The molecule has 1 aliphatic rings. The van der Waals surface area contributed by atoms with Gasteiger partial charge in [0.1, 0.15) is 11.9 Å². The summed E-state index contributed by atoms with van der Waals surface area (Å²) in [6.45, 7) is 5.66. The predicted molar refractivity (Wildman–Crippen MR) is 54.4 cm³/mol. The molecule has 0 saturated carbocycles. The fourth-order valence-corrected chi connectivity index (χ4v) is 2.01. The molecule has 84 valence electrons. The summed E-state index contributed by atoms with van der Waals surface area (Å²) in [6, 6.07) is -0.713. The van der Waals surface area contributed by atoms with E-state index in [1.165, 1.54) is 4.68 Å². The number of hydrogen-bond donors (Lipinski definition) is 1. The molecule has 0 bridgehead atoms. The average molecular weight is 215 g/mol. The molecule has 0 aromatic carbocycles. The molecule has 1 aromatic rings. The van der Waals surface area contributed by atoms with Crippen LogP contribution in [0.1, 0.15) is 30.6 Å². The maximum absolute atomic E-state index is 12.8. The monoisotopic (exact) mass is 215 g/mol. The molecule has 1 aliphatic heterocycles. The van der Waals surface area contributed by atoms with Crippen molar-refractivity contribution in [3.8, 4) is 0 Å². The Balaban J connectivity index is 2.46. The number of anilines is 1. The van der Waals surface area contributed by atoms with Crippen molar-refractivity contribution in [2.45, 2.75) is 45.7 Å². The maximum atomic E-state index is 12.8. The van der Waals surface area contributed by atoms with E-state index in [1.54, 1.807) is 0 Å². The number of alkyl halides is 2. The van der Waals surface area contributed by atoms with Crippen LogP contribution in [-0.2, 0) is 0 Å². The Bertz CT molecular complexity index is 373.